The minimum Gasteiger partial charge on any atom is -0.396 e. The van der Waals surface area contributed by atoms with Crippen molar-refractivity contribution in [3.8, 4) is 0 Å². The predicted octanol–water partition coefficient (Wildman–Crippen LogP) is 2.43. The third kappa shape index (κ3) is 5.48. The number of hydrogen-bond donors (Lipinski definition) is 2. The molecule has 116 valence electrons. The summed E-state index contributed by atoms with van der Waals surface area (Å²) < 4.78 is 5.33. The van der Waals surface area contributed by atoms with Gasteiger partial charge in [0, 0.05) is 26.2 Å². The molecular weight excluding hydrogens is 266 g/mol. The Bertz CT molecular complexity index is 415. The standard InChI is InChI=1S/C17H25NO3/c19-11-8-16(15-4-2-1-3-5-15)18-17(20)7-6-14-9-12-21-13-10-14/h1-5,14,16,19H,6-13H2,(H,18,20). The van der Waals surface area contributed by atoms with Gasteiger partial charge in [0.15, 0.2) is 0 Å². The zero-order valence-electron chi connectivity index (χ0n) is 12.5. The molecule has 1 fully saturated rings. The van der Waals surface area contributed by atoms with Gasteiger partial charge >= 0.3 is 0 Å². The van der Waals surface area contributed by atoms with Crippen LogP contribution in [0.4, 0.5) is 0 Å². The van der Waals surface area contributed by atoms with Gasteiger partial charge in [0.05, 0.1) is 6.04 Å². The van der Waals surface area contributed by atoms with Gasteiger partial charge in [-0.1, -0.05) is 30.3 Å². The Balaban J connectivity index is 1.80. The maximum Gasteiger partial charge on any atom is 0.220 e. The first-order valence-electron chi connectivity index (χ1n) is 7.82. The Kier molecular flexibility index (Phi) is 6.70. The molecule has 1 aromatic rings. The third-order valence-corrected chi connectivity index (χ3v) is 4.08. The second-order valence-corrected chi connectivity index (χ2v) is 5.64. The highest BCUT2D eigenvalue weighted by Crippen LogP contribution is 2.21. The summed E-state index contributed by atoms with van der Waals surface area (Å²) in [6.07, 6.45) is 4.15. The molecule has 0 aromatic heterocycles. The van der Waals surface area contributed by atoms with Gasteiger partial charge in [0.2, 0.25) is 5.91 Å². The van der Waals surface area contributed by atoms with Crippen molar-refractivity contribution in [3.63, 3.8) is 0 Å². The largest absolute Gasteiger partial charge is 0.396 e. The molecule has 1 aliphatic heterocycles. The van der Waals surface area contributed by atoms with Crippen LogP contribution >= 0.6 is 0 Å². The molecule has 0 saturated carbocycles. The van der Waals surface area contributed by atoms with Crippen molar-refractivity contribution in [1.29, 1.82) is 0 Å². The number of carbonyl (C=O) groups excluding carboxylic acids is 1. The molecule has 1 atom stereocenters. The van der Waals surface area contributed by atoms with Gasteiger partial charge in [-0.3, -0.25) is 4.79 Å². The maximum atomic E-state index is 12.1. The fourth-order valence-corrected chi connectivity index (χ4v) is 2.77. The molecular formula is C17H25NO3. The Morgan fingerprint density at radius 1 is 1.29 bits per heavy atom. The number of benzene rings is 1. The minimum absolute atomic E-state index is 0.0693. The number of amides is 1. The number of hydrogen-bond acceptors (Lipinski definition) is 3. The Morgan fingerprint density at radius 2 is 2.00 bits per heavy atom. The van der Waals surface area contributed by atoms with E-state index in [-0.39, 0.29) is 18.6 Å². The number of nitrogens with one attached hydrogen (secondary N) is 1. The molecule has 1 amide bonds. The summed E-state index contributed by atoms with van der Waals surface area (Å²) in [6.45, 7) is 1.71. The zero-order valence-corrected chi connectivity index (χ0v) is 12.5. The highest BCUT2D eigenvalue weighted by atomic mass is 16.5. The van der Waals surface area contributed by atoms with Crippen molar-refractivity contribution in [3.05, 3.63) is 35.9 Å². The van der Waals surface area contributed by atoms with Crippen molar-refractivity contribution < 1.29 is 14.6 Å². The van der Waals surface area contributed by atoms with Crippen molar-refractivity contribution in [2.45, 2.75) is 38.1 Å². The fourth-order valence-electron chi connectivity index (χ4n) is 2.77. The normalized spacial score (nSPS) is 17.4. The number of ether oxygens (including phenoxy) is 1. The summed E-state index contributed by atoms with van der Waals surface area (Å²) >= 11 is 0. The van der Waals surface area contributed by atoms with Gasteiger partial charge in [0.25, 0.3) is 0 Å². The SMILES string of the molecule is O=C(CCC1CCOCC1)NC(CCO)c1ccccc1. The number of aliphatic hydroxyl groups excluding tert-OH is 1. The van der Waals surface area contributed by atoms with Crippen LogP contribution in [0.1, 0.15) is 43.7 Å². The van der Waals surface area contributed by atoms with E-state index in [1.54, 1.807) is 0 Å². The molecule has 1 unspecified atom stereocenters. The number of aliphatic hydroxyl groups is 1. The van der Waals surface area contributed by atoms with E-state index < -0.39 is 0 Å². The second-order valence-electron chi connectivity index (χ2n) is 5.64. The first-order valence-corrected chi connectivity index (χ1v) is 7.82. The smallest absolute Gasteiger partial charge is 0.220 e. The molecule has 21 heavy (non-hydrogen) atoms. The van der Waals surface area contributed by atoms with E-state index >= 15 is 0 Å². The molecule has 0 bridgehead atoms. The van der Waals surface area contributed by atoms with E-state index in [2.05, 4.69) is 5.32 Å². The van der Waals surface area contributed by atoms with Crippen molar-refractivity contribution >= 4 is 5.91 Å². The van der Waals surface area contributed by atoms with Crippen LogP contribution in [0.3, 0.4) is 0 Å². The minimum atomic E-state index is -0.0987. The van der Waals surface area contributed by atoms with Crippen LogP contribution in [0.25, 0.3) is 0 Å². The molecule has 1 aromatic carbocycles. The van der Waals surface area contributed by atoms with E-state index in [1.165, 1.54) is 0 Å². The lowest BCUT2D eigenvalue weighted by Gasteiger charge is -2.22. The monoisotopic (exact) mass is 291 g/mol. The van der Waals surface area contributed by atoms with Crippen LogP contribution in [0.15, 0.2) is 30.3 Å². The average molecular weight is 291 g/mol. The van der Waals surface area contributed by atoms with E-state index in [0.29, 0.717) is 18.8 Å². The van der Waals surface area contributed by atoms with E-state index in [0.717, 1.165) is 38.0 Å². The summed E-state index contributed by atoms with van der Waals surface area (Å²) in [5.41, 5.74) is 1.05. The van der Waals surface area contributed by atoms with Gasteiger partial charge in [-0.15, -0.1) is 0 Å². The zero-order chi connectivity index (χ0) is 14.9. The maximum absolute atomic E-state index is 12.1. The third-order valence-electron chi connectivity index (χ3n) is 4.08. The molecule has 0 spiro atoms. The molecule has 0 radical (unpaired) electrons. The fraction of sp³-hybridized carbons (Fsp3) is 0.588. The van der Waals surface area contributed by atoms with Crippen molar-refractivity contribution in [2.75, 3.05) is 19.8 Å². The molecule has 1 aliphatic rings. The van der Waals surface area contributed by atoms with Gasteiger partial charge in [-0.25, -0.2) is 0 Å². The Labute approximate surface area is 126 Å². The molecule has 4 heteroatoms. The van der Waals surface area contributed by atoms with Crippen LogP contribution in [0.2, 0.25) is 0 Å². The number of carbonyl (C=O) groups is 1. The van der Waals surface area contributed by atoms with E-state index in [1.807, 2.05) is 30.3 Å². The molecule has 0 aliphatic carbocycles. The summed E-state index contributed by atoms with van der Waals surface area (Å²) in [4.78, 5) is 12.1. The van der Waals surface area contributed by atoms with Gasteiger partial charge < -0.3 is 15.2 Å². The van der Waals surface area contributed by atoms with E-state index in [4.69, 9.17) is 4.74 Å². The van der Waals surface area contributed by atoms with Gasteiger partial charge in [-0.2, -0.15) is 0 Å². The average Bonchev–Trinajstić information content (AvgIpc) is 2.54. The van der Waals surface area contributed by atoms with Crippen LogP contribution in [-0.4, -0.2) is 30.8 Å². The van der Waals surface area contributed by atoms with Crippen LogP contribution in [0.5, 0.6) is 0 Å². The van der Waals surface area contributed by atoms with Crippen LogP contribution < -0.4 is 5.32 Å². The molecule has 1 heterocycles. The summed E-state index contributed by atoms with van der Waals surface area (Å²) in [7, 11) is 0. The Morgan fingerprint density at radius 3 is 2.67 bits per heavy atom. The molecule has 1 saturated heterocycles. The quantitative estimate of drug-likeness (QED) is 0.811. The Hall–Kier alpha value is -1.39. The summed E-state index contributed by atoms with van der Waals surface area (Å²) in [5, 5.41) is 12.2. The lowest BCUT2D eigenvalue weighted by Crippen LogP contribution is -2.29. The molecule has 2 N–H and O–H groups in total. The molecule has 4 nitrogen and oxygen atoms in total. The number of rotatable bonds is 7. The molecule has 2 rings (SSSR count). The highest BCUT2D eigenvalue weighted by Gasteiger charge is 2.17. The first-order chi connectivity index (χ1) is 10.3. The van der Waals surface area contributed by atoms with E-state index in [9.17, 15) is 9.90 Å². The lowest BCUT2D eigenvalue weighted by molar-refractivity contribution is -0.122. The van der Waals surface area contributed by atoms with Crippen LogP contribution in [-0.2, 0) is 9.53 Å². The van der Waals surface area contributed by atoms with Gasteiger partial charge in [0.1, 0.15) is 0 Å². The van der Waals surface area contributed by atoms with Crippen molar-refractivity contribution in [1.82, 2.24) is 5.32 Å². The summed E-state index contributed by atoms with van der Waals surface area (Å²) in [5.74, 6) is 0.682. The highest BCUT2D eigenvalue weighted by molar-refractivity contribution is 5.76. The van der Waals surface area contributed by atoms with Crippen molar-refractivity contribution in [2.24, 2.45) is 5.92 Å². The van der Waals surface area contributed by atoms with Gasteiger partial charge in [-0.05, 0) is 37.2 Å². The topological polar surface area (TPSA) is 58.6 Å². The predicted molar refractivity (Wildman–Crippen MR) is 81.8 cm³/mol. The second kappa shape index (κ2) is 8.80. The first kappa shape index (κ1) is 16.0. The van der Waals surface area contributed by atoms with Crippen LogP contribution in [0, 0.1) is 5.92 Å². The summed E-state index contributed by atoms with van der Waals surface area (Å²) in [6, 6.07) is 9.73. The lowest BCUT2D eigenvalue weighted by atomic mass is 9.94.